The number of hydrogen-bond acceptors (Lipinski definition) is 5. The quantitative estimate of drug-likeness (QED) is 0.340. The Morgan fingerprint density at radius 1 is 1.12 bits per heavy atom. The van der Waals surface area contributed by atoms with Gasteiger partial charge >= 0.3 is 23.0 Å². The Morgan fingerprint density at radius 2 is 1.79 bits per heavy atom. The molecule has 6 heteroatoms. The third-order valence-electron chi connectivity index (χ3n) is 6.08. The number of allylic oxidation sites excluding steroid dienone is 1. The molecule has 0 N–H and O–H groups in total. The number of carbonyl (C=O) groups is 1. The van der Waals surface area contributed by atoms with Gasteiger partial charge in [0, 0.05) is 29.2 Å². The molecule has 1 heterocycles. The summed E-state index contributed by atoms with van der Waals surface area (Å²) in [5, 5.41) is 6.98. The fraction of sp³-hybridized carbons (Fsp3) is 0.286. The van der Waals surface area contributed by atoms with Crippen molar-refractivity contribution in [3.8, 4) is 5.75 Å². The van der Waals surface area contributed by atoms with E-state index < -0.39 is 0 Å². The molecule has 2 atom stereocenters. The first-order valence-electron chi connectivity index (χ1n) is 11.4. The molecule has 2 fully saturated rings. The number of fused-ring (bicyclic) bond motifs is 3. The molecule has 176 valence electrons. The second-order valence-corrected chi connectivity index (χ2v) is 8.16. The van der Waals surface area contributed by atoms with Crippen LogP contribution in [-0.2, 0) is 33.0 Å². The molecule has 1 aromatic carbocycles. The van der Waals surface area contributed by atoms with E-state index in [4.69, 9.17) is 14.6 Å². The standard InChI is InChI=1S/C23H25N2O3.C5H5.Fe/c1-4-28-21(26)13-15(2)25-23(16-7-5-6-8-16)20-11-9-17-14-18(27-3)10-12-19(17)22(20)24-25;1-2-4-5-3-1;/h5-8,10,12-14,20,23H,4,9,11H2,1-3H3;1-5H;/q;;+2/b15-13-;;. The van der Waals surface area contributed by atoms with Gasteiger partial charge in [0.1, 0.15) is 5.75 Å². The SMILES string of the molecule is CCOC(=O)/C=C(/C)N1N=C2c3ccc(OC)cc3CCC2C1[C]1[CH][CH][CH][CH]1.[CH]1[CH][CH][CH][CH]1.[Fe+2]. The van der Waals surface area contributed by atoms with Gasteiger partial charge in [-0.2, -0.15) is 5.10 Å². The van der Waals surface area contributed by atoms with E-state index in [1.165, 1.54) is 23.1 Å². The molecule has 10 radical (unpaired) electrons. The molecule has 34 heavy (non-hydrogen) atoms. The molecule has 0 bridgehead atoms. The van der Waals surface area contributed by atoms with Gasteiger partial charge in [0.05, 0.1) is 25.5 Å². The van der Waals surface area contributed by atoms with Crippen LogP contribution in [0.5, 0.6) is 5.75 Å². The second kappa shape index (κ2) is 12.8. The first-order chi connectivity index (χ1) is 16.1. The van der Waals surface area contributed by atoms with Crippen LogP contribution in [0.1, 0.15) is 31.4 Å². The molecule has 2 unspecified atom stereocenters. The Bertz CT molecular complexity index is 880. The summed E-state index contributed by atoms with van der Waals surface area (Å²) in [5.41, 5.74) is 4.33. The van der Waals surface area contributed by atoms with Gasteiger partial charge in [-0.25, -0.2) is 4.79 Å². The van der Waals surface area contributed by atoms with Crippen LogP contribution >= 0.6 is 0 Å². The molecular formula is C28H30FeN2O3+2. The predicted octanol–water partition coefficient (Wildman–Crippen LogP) is 4.54. The summed E-state index contributed by atoms with van der Waals surface area (Å²) in [4.78, 5) is 12.0. The van der Waals surface area contributed by atoms with Crippen molar-refractivity contribution in [1.29, 1.82) is 0 Å². The second-order valence-electron chi connectivity index (χ2n) is 8.16. The predicted molar refractivity (Wildman–Crippen MR) is 129 cm³/mol. The van der Waals surface area contributed by atoms with Crippen molar-refractivity contribution in [2.45, 2.75) is 32.7 Å². The van der Waals surface area contributed by atoms with E-state index in [2.05, 4.69) is 37.8 Å². The topological polar surface area (TPSA) is 51.1 Å². The molecule has 5 nitrogen and oxygen atoms in total. The van der Waals surface area contributed by atoms with Crippen molar-refractivity contribution in [3.63, 3.8) is 0 Å². The summed E-state index contributed by atoms with van der Waals surface area (Å²) in [6.07, 6.45) is 21.9. The Hall–Kier alpha value is -1.78. The van der Waals surface area contributed by atoms with Crippen LogP contribution in [0.25, 0.3) is 0 Å². The maximum atomic E-state index is 12.0. The molecule has 0 amide bonds. The van der Waals surface area contributed by atoms with E-state index >= 15 is 0 Å². The zero-order chi connectivity index (χ0) is 23.2. The van der Waals surface area contributed by atoms with Gasteiger partial charge < -0.3 is 9.47 Å². The van der Waals surface area contributed by atoms with E-state index in [1.807, 2.05) is 57.0 Å². The molecule has 0 spiro atoms. The molecule has 1 aliphatic heterocycles. The van der Waals surface area contributed by atoms with Crippen LogP contribution in [0.15, 0.2) is 35.1 Å². The number of hydrogen-bond donors (Lipinski definition) is 0. The molecule has 5 rings (SSSR count). The smallest absolute Gasteiger partial charge is 0.497 e. The zero-order valence-corrected chi connectivity index (χ0v) is 20.9. The Morgan fingerprint density at radius 3 is 2.41 bits per heavy atom. The summed E-state index contributed by atoms with van der Waals surface area (Å²) in [6.45, 7) is 4.09. The van der Waals surface area contributed by atoms with E-state index in [0.29, 0.717) is 6.61 Å². The third kappa shape index (κ3) is 6.07. The molecule has 0 aromatic heterocycles. The number of hydrazone groups is 1. The van der Waals surface area contributed by atoms with Crippen LogP contribution in [0, 0.1) is 69.6 Å². The van der Waals surface area contributed by atoms with Gasteiger partial charge in [-0.05, 0) is 108 Å². The van der Waals surface area contributed by atoms with Crippen LogP contribution in [-0.4, -0.2) is 36.4 Å². The average molecular weight is 498 g/mol. The van der Waals surface area contributed by atoms with E-state index in [-0.39, 0.29) is 35.0 Å². The van der Waals surface area contributed by atoms with Gasteiger partial charge in [-0.1, -0.05) is 0 Å². The maximum Gasteiger partial charge on any atom is 2.00 e. The van der Waals surface area contributed by atoms with Gasteiger partial charge in [0.25, 0.3) is 0 Å². The fourth-order valence-corrected chi connectivity index (χ4v) is 4.58. The number of methoxy groups -OCH3 is 1. The molecule has 4 aliphatic rings. The van der Waals surface area contributed by atoms with Gasteiger partial charge in [0.15, 0.2) is 0 Å². The van der Waals surface area contributed by atoms with E-state index in [1.54, 1.807) is 7.11 Å². The van der Waals surface area contributed by atoms with Crippen molar-refractivity contribution >= 4 is 11.7 Å². The number of rotatable bonds is 5. The Kier molecular flexibility index (Phi) is 10.1. The number of ether oxygens (including phenoxy) is 2. The van der Waals surface area contributed by atoms with Crippen LogP contribution in [0.3, 0.4) is 0 Å². The van der Waals surface area contributed by atoms with Crippen LogP contribution in [0.2, 0.25) is 0 Å². The third-order valence-corrected chi connectivity index (χ3v) is 6.08. The van der Waals surface area contributed by atoms with Crippen molar-refractivity contribution in [2.75, 3.05) is 13.7 Å². The molecule has 1 aromatic rings. The summed E-state index contributed by atoms with van der Waals surface area (Å²) in [7, 11) is 1.69. The summed E-state index contributed by atoms with van der Waals surface area (Å²) in [6, 6.07) is 6.29. The summed E-state index contributed by atoms with van der Waals surface area (Å²) >= 11 is 0. The minimum absolute atomic E-state index is 0. The van der Waals surface area contributed by atoms with Crippen LogP contribution < -0.4 is 4.74 Å². The minimum Gasteiger partial charge on any atom is -0.497 e. The van der Waals surface area contributed by atoms with Gasteiger partial charge in [0.2, 0.25) is 0 Å². The zero-order valence-electron chi connectivity index (χ0n) is 19.8. The van der Waals surface area contributed by atoms with Crippen molar-refractivity contribution in [3.05, 3.63) is 105 Å². The number of aryl methyl sites for hydroxylation is 1. The van der Waals surface area contributed by atoms with Crippen molar-refractivity contribution in [1.82, 2.24) is 5.01 Å². The fourth-order valence-electron chi connectivity index (χ4n) is 4.58. The van der Waals surface area contributed by atoms with Gasteiger partial charge in [-0.15, -0.1) is 0 Å². The molecule has 2 saturated carbocycles. The number of benzene rings is 1. The number of carbonyl (C=O) groups excluding carboxylic acids is 1. The minimum atomic E-state index is -0.332. The largest absolute Gasteiger partial charge is 2.00 e. The average Bonchev–Trinajstić information content (AvgIpc) is 3.60. The number of nitrogens with zero attached hydrogens (tertiary/aromatic N) is 2. The van der Waals surface area contributed by atoms with Crippen molar-refractivity contribution in [2.24, 2.45) is 11.0 Å². The van der Waals surface area contributed by atoms with E-state index in [0.717, 1.165) is 30.0 Å². The first kappa shape index (κ1) is 26.8. The van der Waals surface area contributed by atoms with Crippen LogP contribution in [0.4, 0.5) is 0 Å². The monoisotopic (exact) mass is 498 g/mol. The molecule has 3 aliphatic carbocycles. The molecule has 0 saturated heterocycles. The molecular weight excluding hydrogens is 468 g/mol. The number of esters is 1. The maximum absolute atomic E-state index is 12.0. The van der Waals surface area contributed by atoms with Gasteiger partial charge in [-0.3, -0.25) is 5.01 Å². The van der Waals surface area contributed by atoms with E-state index in [9.17, 15) is 4.79 Å². The normalized spacial score (nSPS) is 23.8. The summed E-state index contributed by atoms with van der Waals surface area (Å²) < 4.78 is 10.5. The first-order valence-corrected chi connectivity index (χ1v) is 11.4. The van der Waals surface area contributed by atoms with Crippen molar-refractivity contribution < 1.29 is 31.3 Å². The Balaban J connectivity index is 0.000000481. The Labute approximate surface area is 215 Å². The summed E-state index contributed by atoms with van der Waals surface area (Å²) in [5.74, 6) is 2.05.